The van der Waals surface area contributed by atoms with Gasteiger partial charge in [0.1, 0.15) is 11.3 Å². The Morgan fingerprint density at radius 3 is 2.56 bits per heavy atom. The third-order valence-electron chi connectivity index (χ3n) is 4.44. The minimum absolute atomic E-state index is 0.000142. The lowest BCUT2D eigenvalue weighted by molar-refractivity contribution is -0.139. The van der Waals surface area contributed by atoms with Gasteiger partial charge in [0, 0.05) is 11.1 Å². The molecule has 1 aromatic carbocycles. The van der Waals surface area contributed by atoms with Crippen LogP contribution in [-0.4, -0.2) is 25.7 Å². The number of fused-ring (bicyclic) bond motifs is 1. The normalized spacial score (nSPS) is 14.7. The number of rotatable bonds is 3. The van der Waals surface area contributed by atoms with Crippen molar-refractivity contribution in [2.45, 2.75) is 24.9 Å². The summed E-state index contributed by atoms with van der Waals surface area (Å²) in [6, 6.07) is 2.25. The van der Waals surface area contributed by atoms with Crippen LogP contribution < -0.4 is 5.56 Å². The van der Waals surface area contributed by atoms with Crippen LogP contribution in [0.25, 0.3) is 16.8 Å². The Labute approximate surface area is 148 Å². The molecule has 10 heteroatoms. The van der Waals surface area contributed by atoms with Crippen molar-refractivity contribution in [2.75, 3.05) is 0 Å². The second-order valence-electron chi connectivity index (χ2n) is 6.32. The van der Waals surface area contributed by atoms with Gasteiger partial charge in [-0.05, 0) is 30.9 Å². The summed E-state index contributed by atoms with van der Waals surface area (Å²) in [6.07, 6.45) is -2.09. The highest BCUT2D eigenvalue weighted by Crippen LogP contribution is 2.43. The number of hydrogen-bond acceptors (Lipinski definition) is 3. The number of nitrogens with one attached hydrogen (secondary N) is 1. The highest BCUT2D eigenvalue weighted by atomic mass is 19.4. The fraction of sp³-hybridized carbons (Fsp3) is 0.235. The van der Waals surface area contributed by atoms with Crippen LogP contribution in [0.15, 0.2) is 29.2 Å². The molecule has 0 unspecified atom stereocenters. The Bertz CT molecular complexity index is 1140. The molecule has 1 saturated carbocycles. The van der Waals surface area contributed by atoms with Crippen molar-refractivity contribution in [3.8, 4) is 11.3 Å². The summed E-state index contributed by atoms with van der Waals surface area (Å²) in [5.41, 5.74) is -1.87. The molecule has 1 aliphatic rings. The van der Waals surface area contributed by atoms with Gasteiger partial charge in [0.15, 0.2) is 5.69 Å². The highest BCUT2D eigenvalue weighted by Gasteiger charge is 2.35. The number of hydrogen-bond donors (Lipinski definition) is 2. The van der Waals surface area contributed by atoms with E-state index in [9.17, 15) is 32.3 Å². The van der Waals surface area contributed by atoms with Gasteiger partial charge in [-0.1, -0.05) is 6.07 Å². The molecule has 3 aromatic rings. The third kappa shape index (κ3) is 2.86. The van der Waals surface area contributed by atoms with Crippen LogP contribution in [0.4, 0.5) is 17.6 Å². The number of carbonyl (C=O) groups is 1. The summed E-state index contributed by atoms with van der Waals surface area (Å²) >= 11 is 0. The zero-order valence-electron chi connectivity index (χ0n) is 13.5. The van der Waals surface area contributed by atoms with Gasteiger partial charge >= 0.3 is 12.1 Å². The molecule has 2 N–H and O–H groups in total. The molecule has 0 saturated heterocycles. The summed E-state index contributed by atoms with van der Waals surface area (Å²) in [4.78, 5) is 26.4. The maximum Gasteiger partial charge on any atom is 0.419 e. The maximum atomic E-state index is 13.8. The van der Waals surface area contributed by atoms with Crippen LogP contribution in [0.1, 0.15) is 40.4 Å². The lowest BCUT2D eigenvalue weighted by Gasteiger charge is -2.09. The second-order valence-corrected chi connectivity index (χ2v) is 6.32. The van der Waals surface area contributed by atoms with E-state index < -0.39 is 29.1 Å². The fourth-order valence-electron chi connectivity index (χ4n) is 3.08. The molecule has 0 amide bonds. The van der Waals surface area contributed by atoms with Crippen molar-refractivity contribution < 1.29 is 27.5 Å². The van der Waals surface area contributed by atoms with Crippen molar-refractivity contribution >= 4 is 11.5 Å². The van der Waals surface area contributed by atoms with Crippen LogP contribution >= 0.6 is 0 Å². The molecule has 27 heavy (non-hydrogen) atoms. The number of aromatic amines is 1. The summed E-state index contributed by atoms with van der Waals surface area (Å²) in [5.74, 6) is -2.82. The summed E-state index contributed by atoms with van der Waals surface area (Å²) in [5, 5.41) is 13.2. The first-order valence-corrected chi connectivity index (χ1v) is 7.93. The zero-order valence-corrected chi connectivity index (χ0v) is 13.5. The van der Waals surface area contributed by atoms with Gasteiger partial charge in [-0.15, -0.1) is 0 Å². The lowest BCUT2D eigenvalue weighted by Crippen LogP contribution is -2.13. The van der Waals surface area contributed by atoms with E-state index in [1.807, 2.05) is 0 Å². The third-order valence-corrected chi connectivity index (χ3v) is 4.44. The van der Waals surface area contributed by atoms with E-state index in [-0.39, 0.29) is 28.4 Å². The zero-order chi connectivity index (χ0) is 19.5. The summed E-state index contributed by atoms with van der Waals surface area (Å²) in [6.45, 7) is 0. The van der Waals surface area contributed by atoms with E-state index >= 15 is 0 Å². The van der Waals surface area contributed by atoms with E-state index in [4.69, 9.17) is 0 Å². The second kappa shape index (κ2) is 5.66. The Kier molecular flexibility index (Phi) is 3.62. The van der Waals surface area contributed by atoms with Gasteiger partial charge in [0.25, 0.3) is 5.56 Å². The molecule has 0 bridgehead atoms. The predicted octanol–water partition coefficient (Wildman–Crippen LogP) is 3.42. The van der Waals surface area contributed by atoms with Crippen LogP contribution in [0.5, 0.6) is 0 Å². The van der Waals surface area contributed by atoms with E-state index in [0.717, 1.165) is 23.4 Å². The number of halogens is 4. The van der Waals surface area contributed by atoms with Crippen LogP contribution in [0, 0.1) is 5.82 Å². The smallest absolute Gasteiger partial charge is 0.419 e. The first-order valence-electron chi connectivity index (χ1n) is 7.93. The molecule has 0 atom stereocenters. The van der Waals surface area contributed by atoms with E-state index in [1.54, 1.807) is 0 Å². The average molecular weight is 381 g/mol. The van der Waals surface area contributed by atoms with Gasteiger partial charge in [0.05, 0.1) is 17.5 Å². The first kappa shape index (κ1) is 17.3. The van der Waals surface area contributed by atoms with Gasteiger partial charge in [0.2, 0.25) is 0 Å². The summed E-state index contributed by atoms with van der Waals surface area (Å²) in [7, 11) is 0. The van der Waals surface area contributed by atoms with Gasteiger partial charge < -0.3 is 10.1 Å². The van der Waals surface area contributed by atoms with Crippen molar-refractivity contribution in [3.05, 3.63) is 57.4 Å². The highest BCUT2D eigenvalue weighted by molar-refractivity contribution is 5.90. The van der Waals surface area contributed by atoms with Crippen LogP contribution in [-0.2, 0) is 6.18 Å². The number of carboxylic acids is 1. The number of aromatic nitrogens is 3. The van der Waals surface area contributed by atoms with E-state index in [1.165, 1.54) is 6.20 Å². The van der Waals surface area contributed by atoms with Crippen molar-refractivity contribution in [2.24, 2.45) is 0 Å². The number of nitrogens with zero attached hydrogens (tertiary/aromatic N) is 2. The lowest BCUT2D eigenvalue weighted by atomic mass is 10.1. The van der Waals surface area contributed by atoms with Crippen LogP contribution in [0.2, 0.25) is 0 Å². The standard InChI is InChI=1S/C17H11F4N3O3/c18-10-5-8(3-4-9(10)17(19,20)21)11-6-24-14(15(25)22-11)12(7-1-2-7)13(23-24)16(26)27/h3-7H,1-2H2,(H,22,25)(H,26,27). The molecule has 0 radical (unpaired) electrons. The quantitative estimate of drug-likeness (QED) is 0.681. The van der Waals surface area contributed by atoms with Gasteiger partial charge in [-0.3, -0.25) is 4.79 Å². The molecule has 1 aliphatic carbocycles. The fourth-order valence-corrected chi connectivity index (χ4v) is 3.08. The maximum absolute atomic E-state index is 13.8. The number of aromatic carboxylic acids is 1. The first-order chi connectivity index (χ1) is 12.7. The van der Waals surface area contributed by atoms with Crippen molar-refractivity contribution in [3.63, 3.8) is 0 Å². The Hall–Kier alpha value is -3.17. The average Bonchev–Trinajstić information content (AvgIpc) is 3.33. The SMILES string of the molecule is O=C(O)c1nn2cc(-c3ccc(C(F)(F)F)c(F)c3)[nH]c(=O)c2c1C1CC1. The number of alkyl halides is 3. The Morgan fingerprint density at radius 2 is 2.00 bits per heavy atom. The van der Waals surface area contributed by atoms with Gasteiger partial charge in [-0.25, -0.2) is 13.7 Å². The van der Waals surface area contributed by atoms with E-state index in [0.29, 0.717) is 17.7 Å². The molecule has 4 rings (SSSR count). The van der Waals surface area contributed by atoms with Crippen molar-refractivity contribution in [1.29, 1.82) is 0 Å². The van der Waals surface area contributed by atoms with Crippen LogP contribution in [0.3, 0.4) is 0 Å². The molecule has 1 fully saturated rings. The molecular formula is C17H11F4N3O3. The topological polar surface area (TPSA) is 87.5 Å². The van der Waals surface area contributed by atoms with Crippen molar-refractivity contribution in [1.82, 2.24) is 14.6 Å². The van der Waals surface area contributed by atoms with E-state index in [2.05, 4.69) is 10.1 Å². The predicted molar refractivity (Wildman–Crippen MR) is 85.1 cm³/mol. The molecule has 6 nitrogen and oxygen atoms in total. The molecular weight excluding hydrogens is 370 g/mol. The molecule has 0 spiro atoms. The molecule has 0 aliphatic heterocycles. The minimum Gasteiger partial charge on any atom is -0.476 e. The molecule has 2 heterocycles. The van der Waals surface area contributed by atoms with Gasteiger partial charge in [-0.2, -0.15) is 18.3 Å². The number of H-pyrrole nitrogens is 1. The molecule has 2 aromatic heterocycles. The Morgan fingerprint density at radius 1 is 1.30 bits per heavy atom. The Balaban J connectivity index is 1.88. The minimum atomic E-state index is -4.84. The number of carboxylic acid groups (broad SMARTS) is 1. The largest absolute Gasteiger partial charge is 0.476 e. The summed E-state index contributed by atoms with van der Waals surface area (Å²) < 4.78 is 53.0. The molecule has 140 valence electrons. The monoisotopic (exact) mass is 381 g/mol. The number of benzene rings is 1.